The summed E-state index contributed by atoms with van der Waals surface area (Å²) in [6, 6.07) is 8.53. The van der Waals surface area contributed by atoms with Crippen LogP contribution in [0.15, 0.2) is 47.2 Å². The van der Waals surface area contributed by atoms with Crippen LogP contribution in [0.4, 0.5) is 4.39 Å². The molecule has 1 unspecified atom stereocenters. The molecule has 0 amide bonds. The van der Waals surface area contributed by atoms with Crippen LogP contribution >= 0.6 is 27.5 Å². The lowest BCUT2D eigenvalue weighted by atomic mass is 10.0. The van der Waals surface area contributed by atoms with Crippen molar-refractivity contribution in [2.45, 2.75) is 11.8 Å². The maximum absolute atomic E-state index is 13.2. The SMILES string of the molecule is Fc1cc(Br)cc(C(Cl)Cc2ccncc2)c1. The number of aromatic nitrogens is 1. The highest BCUT2D eigenvalue weighted by atomic mass is 79.9. The van der Waals surface area contributed by atoms with E-state index in [-0.39, 0.29) is 11.2 Å². The van der Waals surface area contributed by atoms with Crippen molar-refractivity contribution in [3.05, 3.63) is 64.1 Å². The lowest BCUT2D eigenvalue weighted by Crippen LogP contribution is -1.97. The van der Waals surface area contributed by atoms with Gasteiger partial charge in [-0.25, -0.2) is 4.39 Å². The van der Waals surface area contributed by atoms with Crippen molar-refractivity contribution < 1.29 is 4.39 Å². The summed E-state index contributed by atoms with van der Waals surface area (Å²) in [5, 5.41) is -0.246. The molecule has 0 saturated carbocycles. The third-order valence-corrected chi connectivity index (χ3v) is 3.27. The molecule has 1 atom stereocenters. The van der Waals surface area contributed by atoms with Crippen LogP contribution in [-0.2, 0) is 6.42 Å². The molecule has 0 radical (unpaired) electrons. The molecule has 0 aliphatic rings. The summed E-state index contributed by atoms with van der Waals surface area (Å²) in [4.78, 5) is 3.94. The molecule has 17 heavy (non-hydrogen) atoms. The van der Waals surface area contributed by atoms with E-state index in [1.807, 2.05) is 18.2 Å². The zero-order valence-electron chi connectivity index (χ0n) is 8.91. The second-order valence-corrected chi connectivity index (χ2v) is 5.17. The Morgan fingerprint density at radius 3 is 2.59 bits per heavy atom. The summed E-state index contributed by atoms with van der Waals surface area (Å²) in [5.74, 6) is -0.283. The van der Waals surface area contributed by atoms with Gasteiger partial charge in [0, 0.05) is 16.9 Å². The van der Waals surface area contributed by atoms with E-state index in [1.165, 1.54) is 12.1 Å². The maximum atomic E-state index is 13.2. The first-order valence-electron chi connectivity index (χ1n) is 5.14. The van der Waals surface area contributed by atoms with Crippen molar-refractivity contribution in [3.8, 4) is 0 Å². The molecule has 88 valence electrons. The zero-order valence-corrected chi connectivity index (χ0v) is 11.2. The molecule has 1 aromatic carbocycles. The second kappa shape index (κ2) is 5.61. The van der Waals surface area contributed by atoms with Crippen LogP contribution in [0.1, 0.15) is 16.5 Å². The molecule has 0 fully saturated rings. The van der Waals surface area contributed by atoms with Gasteiger partial charge in [-0.1, -0.05) is 15.9 Å². The van der Waals surface area contributed by atoms with Crippen LogP contribution < -0.4 is 0 Å². The highest BCUT2D eigenvalue weighted by Gasteiger charge is 2.10. The van der Waals surface area contributed by atoms with Gasteiger partial charge in [0.05, 0.1) is 5.38 Å². The molecular weight excluding hydrogens is 305 g/mol. The van der Waals surface area contributed by atoms with E-state index in [4.69, 9.17) is 11.6 Å². The Bertz CT molecular complexity index is 484. The van der Waals surface area contributed by atoms with E-state index in [1.54, 1.807) is 12.4 Å². The monoisotopic (exact) mass is 313 g/mol. The van der Waals surface area contributed by atoms with Crippen molar-refractivity contribution >= 4 is 27.5 Å². The summed E-state index contributed by atoms with van der Waals surface area (Å²) in [6.45, 7) is 0. The fourth-order valence-electron chi connectivity index (χ4n) is 1.60. The van der Waals surface area contributed by atoms with E-state index in [0.29, 0.717) is 10.9 Å². The molecule has 0 aliphatic heterocycles. The van der Waals surface area contributed by atoms with E-state index >= 15 is 0 Å². The van der Waals surface area contributed by atoms with Gasteiger partial charge < -0.3 is 0 Å². The highest BCUT2D eigenvalue weighted by molar-refractivity contribution is 9.10. The fraction of sp³-hybridized carbons (Fsp3) is 0.154. The van der Waals surface area contributed by atoms with Crippen molar-refractivity contribution in [1.82, 2.24) is 4.98 Å². The van der Waals surface area contributed by atoms with E-state index < -0.39 is 0 Å². The van der Waals surface area contributed by atoms with Gasteiger partial charge in [-0.3, -0.25) is 4.98 Å². The summed E-state index contributed by atoms with van der Waals surface area (Å²) < 4.78 is 13.9. The zero-order chi connectivity index (χ0) is 12.3. The van der Waals surface area contributed by atoms with Crippen LogP contribution in [0.5, 0.6) is 0 Å². The molecule has 2 aromatic rings. The smallest absolute Gasteiger partial charge is 0.124 e. The minimum Gasteiger partial charge on any atom is -0.265 e. The first kappa shape index (κ1) is 12.5. The topological polar surface area (TPSA) is 12.9 Å². The average molecular weight is 315 g/mol. The van der Waals surface area contributed by atoms with Gasteiger partial charge in [0.1, 0.15) is 5.82 Å². The second-order valence-electron chi connectivity index (χ2n) is 3.73. The van der Waals surface area contributed by atoms with Gasteiger partial charge in [0.25, 0.3) is 0 Å². The number of hydrogen-bond acceptors (Lipinski definition) is 1. The van der Waals surface area contributed by atoms with Crippen LogP contribution in [0.2, 0.25) is 0 Å². The minimum atomic E-state index is -0.283. The molecule has 1 aromatic heterocycles. The molecule has 0 bridgehead atoms. The van der Waals surface area contributed by atoms with E-state index in [9.17, 15) is 4.39 Å². The Morgan fingerprint density at radius 1 is 1.24 bits per heavy atom. The highest BCUT2D eigenvalue weighted by Crippen LogP contribution is 2.27. The summed E-state index contributed by atoms with van der Waals surface area (Å²) in [6.07, 6.45) is 4.10. The predicted molar refractivity (Wildman–Crippen MR) is 70.6 cm³/mol. The average Bonchev–Trinajstić information content (AvgIpc) is 2.29. The van der Waals surface area contributed by atoms with Gasteiger partial charge >= 0.3 is 0 Å². The molecule has 0 aliphatic carbocycles. The normalized spacial score (nSPS) is 12.4. The van der Waals surface area contributed by atoms with Crippen molar-refractivity contribution in [2.75, 3.05) is 0 Å². The Hall–Kier alpha value is -0.930. The molecule has 0 saturated heterocycles. The van der Waals surface area contributed by atoms with Gasteiger partial charge in [-0.2, -0.15) is 0 Å². The third-order valence-electron chi connectivity index (χ3n) is 2.41. The van der Waals surface area contributed by atoms with Crippen LogP contribution in [0, 0.1) is 5.82 Å². The number of benzene rings is 1. The summed E-state index contributed by atoms with van der Waals surface area (Å²) >= 11 is 9.53. The third kappa shape index (κ3) is 3.51. The molecular formula is C13H10BrClFN. The molecule has 0 N–H and O–H groups in total. The van der Waals surface area contributed by atoms with Crippen LogP contribution in [-0.4, -0.2) is 4.98 Å². The molecule has 2 rings (SSSR count). The lowest BCUT2D eigenvalue weighted by molar-refractivity contribution is 0.623. The van der Waals surface area contributed by atoms with Gasteiger partial charge in [0.2, 0.25) is 0 Å². The van der Waals surface area contributed by atoms with Crippen molar-refractivity contribution in [2.24, 2.45) is 0 Å². The fourth-order valence-corrected chi connectivity index (χ4v) is 2.39. The maximum Gasteiger partial charge on any atom is 0.124 e. The Balaban J connectivity index is 2.17. The standard InChI is InChI=1S/C13H10BrClFN/c14-11-6-10(7-12(16)8-11)13(15)5-9-1-3-17-4-2-9/h1-4,6-8,13H,5H2. The Morgan fingerprint density at radius 2 is 1.94 bits per heavy atom. The number of pyridine rings is 1. The van der Waals surface area contributed by atoms with E-state index in [2.05, 4.69) is 20.9 Å². The first-order chi connectivity index (χ1) is 8.15. The predicted octanol–water partition coefficient (Wildman–Crippen LogP) is 4.51. The molecule has 0 spiro atoms. The summed E-state index contributed by atoms with van der Waals surface area (Å²) in [7, 11) is 0. The largest absolute Gasteiger partial charge is 0.265 e. The molecule has 1 heterocycles. The first-order valence-corrected chi connectivity index (χ1v) is 6.37. The molecule has 1 nitrogen and oxygen atoms in total. The minimum absolute atomic E-state index is 0.246. The number of halogens is 3. The Labute approximate surface area is 113 Å². The van der Waals surface area contributed by atoms with Gasteiger partial charge in [-0.15, -0.1) is 11.6 Å². The number of hydrogen-bond donors (Lipinski definition) is 0. The van der Waals surface area contributed by atoms with Crippen molar-refractivity contribution in [1.29, 1.82) is 0 Å². The lowest BCUT2D eigenvalue weighted by Gasteiger charge is -2.10. The van der Waals surface area contributed by atoms with Crippen LogP contribution in [0.25, 0.3) is 0 Å². The quantitative estimate of drug-likeness (QED) is 0.760. The van der Waals surface area contributed by atoms with Crippen molar-refractivity contribution in [3.63, 3.8) is 0 Å². The number of alkyl halides is 1. The van der Waals surface area contributed by atoms with Gasteiger partial charge in [-0.05, 0) is 47.9 Å². The number of nitrogens with zero attached hydrogens (tertiary/aromatic N) is 1. The molecule has 4 heteroatoms. The van der Waals surface area contributed by atoms with E-state index in [0.717, 1.165) is 11.1 Å². The summed E-state index contributed by atoms with van der Waals surface area (Å²) in [5.41, 5.74) is 1.86. The van der Waals surface area contributed by atoms with Crippen LogP contribution in [0.3, 0.4) is 0 Å². The Kier molecular flexibility index (Phi) is 4.13. The number of rotatable bonds is 3. The van der Waals surface area contributed by atoms with Gasteiger partial charge in [0.15, 0.2) is 0 Å².